The van der Waals surface area contributed by atoms with Crippen LogP contribution in [0, 0.1) is 5.92 Å². The molecule has 76 valence electrons. The second-order valence-corrected chi connectivity index (χ2v) is 4.17. The first-order chi connectivity index (χ1) is 7.24. The summed E-state index contributed by atoms with van der Waals surface area (Å²) in [6, 6.07) is 1.85. The zero-order valence-electron chi connectivity index (χ0n) is 8.47. The summed E-state index contributed by atoms with van der Waals surface area (Å²) in [4.78, 5) is 16.2. The Morgan fingerprint density at radius 3 is 3.20 bits per heavy atom. The first-order valence-corrected chi connectivity index (χ1v) is 5.10. The maximum Gasteiger partial charge on any atom is 0.166 e. The standard InChI is InChI=1S/C11H11N3O/c1-7-4-9-8(10(15)5-7)6-14-11(13-9)2-3-12-14/h2-3,6-7H,4-5H2,1H3. The van der Waals surface area contributed by atoms with Gasteiger partial charge in [-0.3, -0.25) is 4.79 Å². The van der Waals surface area contributed by atoms with Crippen molar-refractivity contribution < 1.29 is 4.79 Å². The van der Waals surface area contributed by atoms with Crippen molar-refractivity contribution in [1.29, 1.82) is 0 Å². The molecule has 3 rings (SSSR count). The van der Waals surface area contributed by atoms with E-state index in [9.17, 15) is 4.79 Å². The number of fused-ring (bicyclic) bond motifs is 2. The number of hydrogen-bond donors (Lipinski definition) is 0. The third-order valence-electron chi connectivity index (χ3n) is 2.84. The monoisotopic (exact) mass is 201 g/mol. The molecule has 2 aromatic rings. The third-order valence-corrected chi connectivity index (χ3v) is 2.84. The minimum absolute atomic E-state index is 0.189. The molecule has 15 heavy (non-hydrogen) atoms. The third kappa shape index (κ3) is 1.25. The van der Waals surface area contributed by atoms with Gasteiger partial charge in [-0.05, 0) is 12.3 Å². The smallest absolute Gasteiger partial charge is 0.166 e. The molecule has 0 radical (unpaired) electrons. The summed E-state index contributed by atoms with van der Waals surface area (Å²) in [6.45, 7) is 2.09. The normalized spacial score (nSPS) is 20.6. The van der Waals surface area contributed by atoms with Gasteiger partial charge in [0.25, 0.3) is 0 Å². The Morgan fingerprint density at radius 1 is 1.47 bits per heavy atom. The maximum absolute atomic E-state index is 11.8. The summed E-state index contributed by atoms with van der Waals surface area (Å²) in [5.41, 5.74) is 2.48. The Balaban J connectivity index is 2.26. The zero-order valence-corrected chi connectivity index (χ0v) is 8.47. The van der Waals surface area contributed by atoms with Gasteiger partial charge in [0.1, 0.15) is 0 Å². The van der Waals surface area contributed by atoms with Crippen LogP contribution >= 0.6 is 0 Å². The van der Waals surface area contributed by atoms with Crippen molar-refractivity contribution in [2.24, 2.45) is 5.92 Å². The largest absolute Gasteiger partial charge is 0.294 e. The van der Waals surface area contributed by atoms with E-state index < -0.39 is 0 Å². The molecule has 1 unspecified atom stereocenters. The van der Waals surface area contributed by atoms with Gasteiger partial charge in [-0.1, -0.05) is 6.92 Å². The van der Waals surface area contributed by atoms with E-state index >= 15 is 0 Å². The van der Waals surface area contributed by atoms with Gasteiger partial charge in [-0.15, -0.1) is 0 Å². The number of Topliss-reactive ketones (excluding diaryl/α,β-unsaturated/α-hetero) is 1. The van der Waals surface area contributed by atoms with Crippen molar-refractivity contribution >= 4 is 11.4 Å². The minimum Gasteiger partial charge on any atom is -0.294 e. The highest BCUT2D eigenvalue weighted by Crippen LogP contribution is 2.23. The van der Waals surface area contributed by atoms with Crippen molar-refractivity contribution in [3.63, 3.8) is 0 Å². The van der Waals surface area contributed by atoms with Gasteiger partial charge < -0.3 is 0 Å². The second-order valence-electron chi connectivity index (χ2n) is 4.17. The summed E-state index contributed by atoms with van der Waals surface area (Å²) in [7, 11) is 0. The molecule has 0 N–H and O–H groups in total. The van der Waals surface area contributed by atoms with E-state index in [0.717, 1.165) is 23.3 Å². The molecule has 2 heterocycles. The lowest BCUT2D eigenvalue weighted by Crippen LogP contribution is -2.20. The fraction of sp³-hybridized carbons (Fsp3) is 0.364. The molecule has 4 heteroatoms. The quantitative estimate of drug-likeness (QED) is 0.648. The van der Waals surface area contributed by atoms with E-state index in [0.29, 0.717) is 12.3 Å². The van der Waals surface area contributed by atoms with Gasteiger partial charge in [0.2, 0.25) is 0 Å². The molecular formula is C11H11N3O. The Hall–Kier alpha value is -1.71. The molecule has 0 fully saturated rings. The van der Waals surface area contributed by atoms with Crippen LogP contribution in [0.5, 0.6) is 0 Å². The molecule has 1 aliphatic rings. The van der Waals surface area contributed by atoms with E-state index in [1.807, 2.05) is 6.07 Å². The highest BCUT2D eigenvalue weighted by molar-refractivity contribution is 5.98. The van der Waals surface area contributed by atoms with E-state index in [4.69, 9.17) is 0 Å². The molecular weight excluding hydrogens is 190 g/mol. The van der Waals surface area contributed by atoms with Crippen LogP contribution in [0.4, 0.5) is 0 Å². The number of ketones is 1. The average molecular weight is 201 g/mol. The second kappa shape index (κ2) is 2.89. The fourth-order valence-corrected chi connectivity index (χ4v) is 2.11. The van der Waals surface area contributed by atoms with Crippen LogP contribution in [0.25, 0.3) is 5.65 Å². The summed E-state index contributed by atoms with van der Waals surface area (Å²) in [5, 5.41) is 4.08. The van der Waals surface area contributed by atoms with Crippen LogP contribution in [-0.4, -0.2) is 20.4 Å². The molecule has 1 atom stereocenters. The highest BCUT2D eigenvalue weighted by atomic mass is 16.1. The van der Waals surface area contributed by atoms with Crippen molar-refractivity contribution in [2.45, 2.75) is 19.8 Å². The van der Waals surface area contributed by atoms with Crippen molar-refractivity contribution in [1.82, 2.24) is 14.6 Å². The van der Waals surface area contributed by atoms with E-state index in [2.05, 4.69) is 17.0 Å². The first kappa shape index (κ1) is 8.59. The molecule has 0 spiro atoms. The predicted octanol–water partition coefficient (Wildman–Crippen LogP) is 1.49. The lowest BCUT2D eigenvalue weighted by atomic mass is 9.88. The van der Waals surface area contributed by atoms with Crippen LogP contribution in [0.1, 0.15) is 29.4 Å². The Morgan fingerprint density at radius 2 is 2.33 bits per heavy atom. The van der Waals surface area contributed by atoms with E-state index in [1.165, 1.54) is 0 Å². The van der Waals surface area contributed by atoms with Gasteiger partial charge in [-0.2, -0.15) is 5.10 Å². The van der Waals surface area contributed by atoms with Gasteiger partial charge >= 0.3 is 0 Å². The summed E-state index contributed by atoms with van der Waals surface area (Å²) < 4.78 is 1.66. The fourth-order valence-electron chi connectivity index (χ4n) is 2.11. The molecule has 1 aliphatic carbocycles. The maximum atomic E-state index is 11.8. The molecule has 4 nitrogen and oxygen atoms in total. The van der Waals surface area contributed by atoms with Gasteiger partial charge in [-0.25, -0.2) is 9.50 Å². The van der Waals surface area contributed by atoms with Crippen LogP contribution in [0.3, 0.4) is 0 Å². The van der Waals surface area contributed by atoms with Crippen LogP contribution in [0.2, 0.25) is 0 Å². The number of carbonyl (C=O) groups is 1. The lowest BCUT2D eigenvalue weighted by Gasteiger charge is -2.18. The molecule has 0 aromatic carbocycles. The molecule has 0 amide bonds. The van der Waals surface area contributed by atoms with Crippen LogP contribution in [-0.2, 0) is 6.42 Å². The number of aromatic nitrogens is 3. The summed E-state index contributed by atoms with van der Waals surface area (Å²) >= 11 is 0. The molecule has 0 saturated heterocycles. The number of hydrogen-bond acceptors (Lipinski definition) is 3. The lowest BCUT2D eigenvalue weighted by molar-refractivity contribution is 0.0951. The molecule has 2 aromatic heterocycles. The van der Waals surface area contributed by atoms with Crippen molar-refractivity contribution in [3.05, 3.63) is 29.7 Å². The number of rotatable bonds is 0. The van der Waals surface area contributed by atoms with Gasteiger partial charge in [0.15, 0.2) is 11.4 Å². The van der Waals surface area contributed by atoms with E-state index in [-0.39, 0.29) is 5.78 Å². The summed E-state index contributed by atoms with van der Waals surface area (Å²) in [6.07, 6.45) is 5.01. The molecule has 0 bridgehead atoms. The Bertz CT molecular complexity index is 544. The Kier molecular flexibility index (Phi) is 1.65. The van der Waals surface area contributed by atoms with Crippen molar-refractivity contribution in [2.75, 3.05) is 0 Å². The van der Waals surface area contributed by atoms with Gasteiger partial charge in [0, 0.05) is 18.7 Å². The summed E-state index contributed by atoms with van der Waals surface area (Å²) in [5.74, 6) is 0.594. The van der Waals surface area contributed by atoms with E-state index in [1.54, 1.807) is 16.9 Å². The molecule has 0 aliphatic heterocycles. The first-order valence-electron chi connectivity index (χ1n) is 5.10. The zero-order chi connectivity index (χ0) is 10.4. The average Bonchev–Trinajstić information content (AvgIpc) is 2.61. The topological polar surface area (TPSA) is 47.3 Å². The highest BCUT2D eigenvalue weighted by Gasteiger charge is 2.24. The number of carbonyl (C=O) groups excluding carboxylic acids is 1. The number of nitrogens with zero attached hydrogens (tertiary/aromatic N) is 3. The van der Waals surface area contributed by atoms with Crippen LogP contribution in [0.15, 0.2) is 18.5 Å². The van der Waals surface area contributed by atoms with Gasteiger partial charge in [0.05, 0.1) is 17.5 Å². The van der Waals surface area contributed by atoms with Crippen LogP contribution < -0.4 is 0 Å². The van der Waals surface area contributed by atoms with Crippen molar-refractivity contribution in [3.8, 4) is 0 Å². The molecule has 0 saturated carbocycles. The Labute approximate surface area is 86.9 Å². The minimum atomic E-state index is 0.189. The SMILES string of the molecule is CC1CC(=O)c2cn3nccc3nc2C1. The predicted molar refractivity (Wildman–Crippen MR) is 54.8 cm³/mol.